The molecule has 0 N–H and O–H groups in total. The van der Waals surface area contributed by atoms with Crippen molar-refractivity contribution >= 4 is 10.8 Å². The van der Waals surface area contributed by atoms with Gasteiger partial charge in [0.25, 0.3) is 0 Å². The molecule has 1 fully saturated rings. The van der Waals surface area contributed by atoms with Gasteiger partial charge in [0.15, 0.2) is 0 Å². The lowest BCUT2D eigenvalue weighted by atomic mass is 9.78. The van der Waals surface area contributed by atoms with E-state index in [4.69, 9.17) is 0 Å². The summed E-state index contributed by atoms with van der Waals surface area (Å²) >= 11 is 0. The number of benzene rings is 3. The average molecular weight is 375 g/mol. The van der Waals surface area contributed by atoms with Crippen LogP contribution in [0.5, 0.6) is 0 Å². The van der Waals surface area contributed by atoms with Crippen molar-refractivity contribution in [1.82, 2.24) is 0 Å². The van der Waals surface area contributed by atoms with Gasteiger partial charge in [-0.05, 0) is 48.1 Å². The van der Waals surface area contributed by atoms with E-state index in [1.54, 1.807) is 0 Å². The first-order chi connectivity index (χ1) is 13.6. The van der Waals surface area contributed by atoms with E-state index in [2.05, 4.69) is 32.0 Å². The highest BCUT2D eigenvalue weighted by Gasteiger charge is 2.19. The molecule has 0 radical (unpaired) electrons. The molecule has 0 spiro atoms. The molecule has 1 saturated carbocycles. The van der Waals surface area contributed by atoms with Crippen molar-refractivity contribution in [2.24, 2.45) is 11.8 Å². The molecule has 1 heteroatoms. The summed E-state index contributed by atoms with van der Waals surface area (Å²) in [6.07, 6.45) is 9.32. The predicted molar refractivity (Wildman–Crippen MR) is 118 cm³/mol. The molecular formula is C27H31F. The van der Waals surface area contributed by atoms with Crippen molar-refractivity contribution in [3.8, 4) is 11.1 Å². The number of aryl methyl sites for hydroxylation is 2. The largest absolute Gasteiger partial charge is 0.206 e. The average Bonchev–Trinajstić information content (AvgIpc) is 2.74. The summed E-state index contributed by atoms with van der Waals surface area (Å²) in [5.74, 6) is 1.73. The highest BCUT2D eigenvalue weighted by Crippen LogP contribution is 2.34. The molecule has 0 atom stereocenters. The van der Waals surface area contributed by atoms with Crippen molar-refractivity contribution in [3.05, 3.63) is 71.5 Å². The van der Waals surface area contributed by atoms with Crippen LogP contribution in [0, 0.1) is 24.6 Å². The maximum atomic E-state index is 15.1. The van der Waals surface area contributed by atoms with Crippen molar-refractivity contribution in [3.63, 3.8) is 0 Å². The Bertz CT molecular complexity index is 930. The van der Waals surface area contributed by atoms with Gasteiger partial charge in [-0.25, -0.2) is 4.39 Å². The lowest BCUT2D eigenvalue weighted by molar-refractivity contribution is 0.259. The van der Waals surface area contributed by atoms with Crippen LogP contribution in [-0.2, 0) is 6.42 Å². The summed E-state index contributed by atoms with van der Waals surface area (Å²) in [5.41, 5.74) is 4.16. The van der Waals surface area contributed by atoms with Gasteiger partial charge in [0, 0.05) is 10.9 Å². The van der Waals surface area contributed by atoms with Gasteiger partial charge in [-0.15, -0.1) is 0 Å². The Morgan fingerprint density at radius 2 is 1.57 bits per heavy atom. The molecule has 146 valence electrons. The molecule has 0 amide bonds. The van der Waals surface area contributed by atoms with Gasteiger partial charge in [0.2, 0.25) is 0 Å². The topological polar surface area (TPSA) is 0 Å². The van der Waals surface area contributed by atoms with Gasteiger partial charge < -0.3 is 0 Å². The number of halogens is 1. The Labute approximate surface area is 168 Å². The van der Waals surface area contributed by atoms with Crippen molar-refractivity contribution in [2.45, 2.75) is 58.8 Å². The summed E-state index contributed by atoms with van der Waals surface area (Å²) in [6, 6.07) is 18.4. The van der Waals surface area contributed by atoms with E-state index in [0.717, 1.165) is 34.6 Å². The summed E-state index contributed by atoms with van der Waals surface area (Å²) in [7, 11) is 0. The van der Waals surface area contributed by atoms with E-state index in [0.29, 0.717) is 5.56 Å². The molecule has 4 rings (SSSR count). The molecule has 0 saturated heterocycles. The lowest BCUT2D eigenvalue weighted by Crippen LogP contribution is -2.14. The van der Waals surface area contributed by atoms with E-state index in [1.807, 2.05) is 36.4 Å². The molecule has 1 aliphatic carbocycles. The van der Waals surface area contributed by atoms with Gasteiger partial charge in [0.1, 0.15) is 5.82 Å². The van der Waals surface area contributed by atoms with Gasteiger partial charge >= 0.3 is 0 Å². The molecule has 0 aromatic heterocycles. The van der Waals surface area contributed by atoms with Crippen LogP contribution in [0.15, 0.2) is 54.6 Å². The number of hydrogen-bond acceptors (Lipinski definition) is 0. The lowest BCUT2D eigenvalue weighted by Gasteiger charge is -2.27. The molecule has 0 bridgehead atoms. The molecule has 0 unspecified atom stereocenters. The molecule has 28 heavy (non-hydrogen) atoms. The third-order valence-corrected chi connectivity index (χ3v) is 6.77. The minimum Gasteiger partial charge on any atom is -0.206 e. The summed E-state index contributed by atoms with van der Waals surface area (Å²) < 4.78 is 15.1. The van der Waals surface area contributed by atoms with Crippen molar-refractivity contribution in [1.29, 1.82) is 0 Å². The van der Waals surface area contributed by atoms with Crippen molar-refractivity contribution in [2.75, 3.05) is 0 Å². The Hall–Kier alpha value is -2.15. The second kappa shape index (κ2) is 8.47. The number of fused-ring (bicyclic) bond motifs is 1. The van der Waals surface area contributed by atoms with E-state index in [9.17, 15) is 0 Å². The third-order valence-electron chi connectivity index (χ3n) is 6.77. The fourth-order valence-electron chi connectivity index (χ4n) is 4.75. The SMILES string of the molecule is CC[C@H]1CC[C@H](CCc2ccc3c(F)c(-c4ccc(C)cc4)ccc3c2)CC1. The highest BCUT2D eigenvalue weighted by molar-refractivity contribution is 5.88. The molecule has 0 aliphatic heterocycles. The summed E-state index contributed by atoms with van der Waals surface area (Å²) in [5, 5.41) is 1.74. The van der Waals surface area contributed by atoms with Crippen molar-refractivity contribution < 1.29 is 4.39 Å². The van der Waals surface area contributed by atoms with Gasteiger partial charge in [-0.3, -0.25) is 0 Å². The van der Waals surface area contributed by atoms with Crippen LogP contribution in [0.3, 0.4) is 0 Å². The maximum absolute atomic E-state index is 15.1. The Morgan fingerprint density at radius 3 is 2.29 bits per heavy atom. The fraction of sp³-hybridized carbons (Fsp3) is 0.407. The van der Waals surface area contributed by atoms with E-state index in [-0.39, 0.29) is 5.82 Å². The first-order valence-corrected chi connectivity index (χ1v) is 10.9. The van der Waals surface area contributed by atoms with E-state index < -0.39 is 0 Å². The standard InChI is InChI=1S/C27H31F/c1-3-20-6-8-21(9-7-20)10-11-22-12-16-26-24(18-22)15-17-25(27(26)28)23-13-4-19(2)5-14-23/h4-5,12-18,20-21H,3,6-11H2,1-2H3/t20-,21-. The van der Waals surface area contributed by atoms with E-state index >= 15 is 4.39 Å². The quantitative estimate of drug-likeness (QED) is 0.423. The van der Waals surface area contributed by atoms with Crippen LogP contribution >= 0.6 is 0 Å². The van der Waals surface area contributed by atoms with Gasteiger partial charge in [-0.1, -0.05) is 99.2 Å². The zero-order valence-electron chi connectivity index (χ0n) is 17.2. The first kappa shape index (κ1) is 19.2. The Kier molecular flexibility index (Phi) is 5.80. The second-order valence-corrected chi connectivity index (χ2v) is 8.68. The smallest absolute Gasteiger partial charge is 0.138 e. The molecular weight excluding hydrogens is 343 g/mol. The van der Waals surface area contributed by atoms with E-state index in [1.165, 1.54) is 49.7 Å². The minimum absolute atomic E-state index is 0.106. The van der Waals surface area contributed by atoms with Crippen LogP contribution in [0.1, 0.15) is 56.6 Å². The molecule has 1 aliphatic rings. The van der Waals surface area contributed by atoms with Gasteiger partial charge in [-0.2, -0.15) is 0 Å². The van der Waals surface area contributed by atoms with Gasteiger partial charge in [0.05, 0.1) is 0 Å². The third kappa shape index (κ3) is 4.14. The molecule has 0 nitrogen and oxygen atoms in total. The zero-order chi connectivity index (χ0) is 19.5. The fourth-order valence-corrected chi connectivity index (χ4v) is 4.75. The summed E-state index contributed by atoms with van der Waals surface area (Å²) in [6.45, 7) is 4.38. The summed E-state index contributed by atoms with van der Waals surface area (Å²) in [4.78, 5) is 0. The number of hydrogen-bond donors (Lipinski definition) is 0. The van der Waals surface area contributed by atoms with Crippen LogP contribution in [0.25, 0.3) is 21.9 Å². The monoisotopic (exact) mass is 374 g/mol. The first-order valence-electron chi connectivity index (χ1n) is 10.9. The molecule has 3 aromatic carbocycles. The molecule has 0 heterocycles. The Balaban J connectivity index is 1.49. The molecule has 3 aromatic rings. The Morgan fingerprint density at radius 1 is 0.857 bits per heavy atom. The second-order valence-electron chi connectivity index (χ2n) is 8.68. The van der Waals surface area contributed by atoms with Crippen LogP contribution in [0.2, 0.25) is 0 Å². The maximum Gasteiger partial charge on any atom is 0.138 e. The van der Waals surface area contributed by atoms with Crippen LogP contribution < -0.4 is 0 Å². The van der Waals surface area contributed by atoms with Crippen LogP contribution in [-0.4, -0.2) is 0 Å². The number of rotatable bonds is 5. The highest BCUT2D eigenvalue weighted by atomic mass is 19.1. The zero-order valence-corrected chi connectivity index (χ0v) is 17.2. The predicted octanol–water partition coefficient (Wildman–Crippen LogP) is 8.10. The van der Waals surface area contributed by atoms with Crippen LogP contribution in [0.4, 0.5) is 4.39 Å². The normalized spacial score (nSPS) is 19.8. The minimum atomic E-state index is -0.106.